The van der Waals surface area contributed by atoms with Crippen LogP contribution >= 0.6 is 0 Å². The smallest absolute Gasteiger partial charge is 0.224 e. The van der Waals surface area contributed by atoms with E-state index in [1.165, 1.54) is 11.6 Å². The first-order valence-corrected chi connectivity index (χ1v) is 11.1. The SMILES string of the molecule is O=C(NCCc1ccccc1)[C@@H]1CCCN(C2CCN(c3ncccc3F)CC2)C1. The van der Waals surface area contributed by atoms with E-state index in [-0.39, 0.29) is 17.6 Å². The van der Waals surface area contributed by atoms with E-state index in [4.69, 9.17) is 0 Å². The molecule has 1 atom stereocenters. The van der Waals surface area contributed by atoms with Gasteiger partial charge in [-0.25, -0.2) is 9.37 Å². The van der Waals surface area contributed by atoms with Crippen LogP contribution < -0.4 is 10.2 Å². The van der Waals surface area contributed by atoms with Gasteiger partial charge in [0.05, 0.1) is 5.92 Å². The van der Waals surface area contributed by atoms with Crippen LogP contribution in [-0.4, -0.2) is 54.6 Å². The lowest BCUT2D eigenvalue weighted by Gasteiger charge is -2.42. The maximum Gasteiger partial charge on any atom is 0.224 e. The molecule has 30 heavy (non-hydrogen) atoms. The van der Waals surface area contributed by atoms with Gasteiger partial charge in [0.15, 0.2) is 11.6 Å². The quantitative estimate of drug-likeness (QED) is 0.794. The Hall–Kier alpha value is -2.47. The Morgan fingerprint density at radius 1 is 1.07 bits per heavy atom. The lowest BCUT2D eigenvalue weighted by molar-refractivity contribution is -0.127. The number of benzene rings is 1. The van der Waals surface area contributed by atoms with Crippen LogP contribution in [0, 0.1) is 11.7 Å². The van der Waals surface area contributed by atoms with Crippen molar-refractivity contribution < 1.29 is 9.18 Å². The van der Waals surface area contributed by atoms with Crippen LogP contribution in [0.4, 0.5) is 10.2 Å². The Morgan fingerprint density at radius 2 is 1.87 bits per heavy atom. The summed E-state index contributed by atoms with van der Waals surface area (Å²) >= 11 is 0. The molecule has 0 unspecified atom stereocenters. The second-order valence-electron chi connectivity index (χ2n) is 8.39. The van der Waals surface area contributed by atoms with Crippen molar-refractivity contribution in [3.05, 3.63) is 60.0 Å². The zero-order chi connectivity index (χ0) is 20.8. The van der Waals surface area contributed by atoms with E-state index in [9.17, 15) is 9.18 Å². The number of likely N-dealkylation sites (tertiary alicyclic amines) is 1. The van der Waals surface area contributed by atoms with E-state index in [2.05, 4.69) is 27.3 Å². The van der Waals surface area contributed by atoms with Gasteiger partial charge in [-0.05, 0) is 56.3 Å². The lowest BCUT2D eigenvalue weighted by atomic mass is 9.93. The van der Waals surface area contributed by atoms with Gasteiger partial charge in [0.1, 0.15) is 0 Å². The summed E-state index contributed by atoms with van der Waals surface area (Å²) in [4.78, 5) is 21.4. The molecule has 160 valence electrons. The molecule has 3 heterocycles. The monoisotopic (exact) mass is 410 g/mol. The molecule has 0 aliphatic carbocycles. The Bertz CT molecular complexity index is 823. The van der Waals surface area contributed by atoms with Crippen molar-refractivity contribution >= 4 is 11.7 Å². The number of piperidine rings is 2. The first-order valence-electron chi connectivity index (χ1n) is 11.1. The van der Waals surface area contributed by atoms with Crippen molar-refractivity contribution in [1.29, 1.82) is 0 Å². The molecule has 6 heteroatoms. The first-order chi connectivity index (χ1) is 14.7. The van der Waals surface area contributed by atoms with E-state index >= 15 is 0 Å². The zero-order valence-electron chi connectivity index (χ0n) is 17.5. The van der Waals surface area contributed by atoms with Crippen LogP contribution in [-0.2, 0) is 11.2 Å². The number of carbonyl (C=O) groups excluding carboxylic acids is 1. The lowest BCUT2D eigenvalue weighted by Crippen LogP contribution is -2.51. The third kappa shape index (κ3) is 5.17. The molecule has 5 nitrogen and oxygen atoms in total. The van der Waals surface area contributed by atoms with E-state index in [1.54, 1.807) is 12.3 Å². The molecule has 0 bridgehead atoms. The molecule has 1 aromatic carbocycles. The number of amides is 1. The molecular formula is C24H31FN4O. The summed E-state index contributed by atoms with van der Waals surface area (Å²) in [7, 11) is 0. The number of rotatable bonds is 6. The molecule has 4 rings (SSSR count). The van der Waals surface area contributed by atoms with Gasteiger partial charge >= 0.3 is 0 Å². The largest absolute Gasteiger partial charge is 0.355 e. The topological polar surface area (TPSA) is 48.5 Å². The third-order valence-corrected chi connectivity index (χ3v) is 6.40. The molecule has 2 aromatic rings. The van der Waals surface area contributed by atoms with Gasteiger partial charge in [0, 0.05) is 38.4 Å². The van der Waals surface area contributed by atoms with Crippen molar-refractivity contribution in [2.24, 2.45) is 5.92 Å². The highest BCUT2D eigenvalue weighted by atomic mass is 19.1. The zero-order valence-corrected chi connectivity index (χ0v) is 17.5. The van der Waals surface area contributed by atoms with Crippen LogP contribution in [0.2, 0.25) is 0 Å². The summed E-state index contributed by atoms with van der Waals surface area (Å²) in [5.41, 5.74) is 1.25. The molecule has 2 aliphatic heterocycles. The minimum absolute atomic E-state index is 0.0702. The van der Waals surface area contributed by atoms with Crippen molar-refractivity contribution in [1.82, 2.24) is 15.2 Å². The van der Waals surface area contributed by atoms with E-state index in [1.807, 2.05) is 23.1 Å². The highest BCUT2D eigenvalue weighted by Crippen LogP contribution is 2.26. The Kier molecular flexibility index (Phi) is 6.95. The maximum absolute atomic E-state index is 14.0. The van der Waals surface area contributed by atoms with Crippen LogP contribution in [0.3, 0.4) is 0 Å². The molecule has 2 saturated heterocycles. The molecule has 1 amide bonds. The predicted molar refractivity (Wildman–Crippen MR) is 117 cm³/mol. The van der Waals surface area contributed by atoms with Gasteiger partial charge in [-0.3, -0.25) is 9.69 Å². The Balaban J connectivity index is 1.24. The molecule has 0 radical (unpaired) electrons. The first kappa shape index (κ1) is 20.8. The van der Waals surface area contributed by atoms with Gasteiger partial charge in [-0.2, -0.15) is 0 Å². The van der Waals surface area contributed by atoms with E-state index in [0.29, 0.717) is 18.4 Å². The molecule has 2 fully saturated rings. The van der Waals surface area contributed by atoms with E-state index < -0.39 is 0 Å². The fourth-order valence-electron chi connectivity index (χ4n) is 4.72. The second-order valence-corrected chi connectivity index (χ2v) is 8.39. The van der Waals surface area contributed by atoms with Crippen LogP contribution in [0.15, 0.2) is 48.7 Å². The molecular weight excluding hydrogens is 379 g/mol. The summed E-state index contributed by atoms with van der Waals surface area (Å²) in [6, 6.07) is 13.8. The number of anilines is 1. The number of aromatic nitrogens is 1. The second kappa shape index (κ2) is 10.0. The maximum atomic E-state index is 14.0. The summed E-state index contributed by atoms with van der Waals surface area (Å²) < 4.78 is 14.0. The fraction of sp³-hybridized carbons (Fsp3) is 0.500. The van der Waals surface area contributed by atoms with Crippen LogP contribution in [0.1, 0.15) is 31.2 Å². The predicted octanol–water partition coefficient (Wildman–Crippen LogP) is 3.26. The summed E-state index contributed by atoms with van der Waals surface area (Å²) in [5, 5.41) is 3.14. The number of nitrogens with zero attached hydrogens (tertiary/aromatic N) is 3. The normalized spacial score (nSPS) is 20.8. The molecule has 0 spiro atoms. The fourth-order valence-corrected chi connectivity index (χ4v) is 4.72. The standard InChI is InChI=1S/C24H31FN4O/c25-22-9-4-13-26-23(22)28-16-11-21(12-17-28)29-15-5-8-20(18-29)24(30)27-14-10-19-6-2-1-3-7-19/h1-4,6-7,9,13,20-21H,5,8,10-12,14-18H2,(H,27,30)/t20-/m1/s1. The third-order valence-electron chi connectivity index (χ3n) is 6.40. The average molecular weight is 411 g/mol. The van der Waals surface area contributed by atoms with Crippen LogP contribution in [0.5, 0.6) is 0 Å². The van der Waals surface area contributed by atoms with Gasteiger partial charge in [0.2, 0.25) is 5.91 Å². The molecule has 1 N–H and O–H groups in total. The summed E-state index contributed by atoms with van der Waals surface area (Å²) in [6.07, 6.45) is 6.51. The van der Waals surface area contributed by atoms with E-state index in [0.717, 1.165) is 58.3 Å². The van der Waals surface area contributed by atoms with Crippen molar-refractivity contribution in [3.8, 4) is 0 Å². The number of hydrogen-bond donors (Lipinski definition) is 1. The van der Waals surface area contributed by atoms with Gasteiger partial charge in [0.25, 0.3) is 0 Å². The Morgan fingerprint density at radius 3 is 2.63 bits per heavy atom. The molecule has 1 aromatic heterocycles. The molecule has 2 aliphatic rings. The highest BCUT2D eigenvalue weighted by Gasteiger charge is 2.32. The molecule has 0 saturated carbocycles. The Labute approximate surface area is 178 Å². The number of halogens is 1. The number of carbonyl (C=O) groups is 1. The van der Waals surface area contributed by atoms with Gasteiger partial charge in [-0.1, -0.05) is 30.3 Å². The minimum atomic E-state index is -0.249. The van der Waals surface area contributed by atoms with Gasteiger partial charge < -0.3 is 10.2 Å². The summed E-state index contributed by atoms with van der Waals surface area (Å²) in [6.45, 7) is 4.19. The van der Waals surface area contributed by atoms with Crippen molar-refractivity contribution in [2.75, 3.05) is 37.6 Å². The number of nitrogens with one attached hydrogen (secondary N) is 1. The van der Waals surface area contributed by atoms with Crippen LogP contribution in [0.25, 0.3) is 0 Å². The number of pyridine rings is 1. The summed E-state index contributed by atoms with van der Waals surface area (Å²) in [5.74, 6) is 0.468. The van der Waals surface area contributed by atoms with Crippen molar-refractivity contribution in [3.63, 3.8) is 0 Å². The van der Waals surface area contributed by atoms with Gasteiger partial charge in [-0.15, -0.1) is 0 Å². The number of hydrogen-bond acceptors (Lipinski definition) is 4. The highest BCUT2D eigenvalue weighted by molar-refractivity contribution is 5.79. The minimum Gasteiger partial charge on any atom is -0.355 e. The average Bonchev–Trinajstić information content (AvgIpc) is 2.80. The van der Waals surface area contributed by atoms with Crippen molar-refractivity contribution in [2.45, 2.75) is 38.1 Å².